The predicted molar refractivity (Wildman–Crippen MR) is 137 cm³/mol. The fourth-order valence-electron chi connectivity index (χ4n) is 5.86. The quantitative estimate of drug-likeness (QED) is 0.362. The second-order valence-corrected chi connectivity index (χ2v) is 9.82. The van der Waals surface area contributed by atoms with Gasteiger partial charge in [-0.3, -0.25) is 9.69 Å². The van der Waals surface area contributed by atoms with Crippen LogP contribution in [0.25, 0.3) is 6.08 Å². The molecule has 1 heterocycles. The molecule has 0 radical (unpaired) electrons. The number of halogens is 3. The van der Waals surface area contributed by atoms with E-state index in [1.54, 1.807) is 13.2 Å². The number of ether oxygens (including phenoxy) is 2. The van der Waals surface area contributed by atoms with Crippen molar-refractivity contribution in [2.75, 3.05) is 26.7 Å². The predicted octanol–water partition coefficient (Wildman–Crippen LogP) is 5.72. The summed E-state index contributed by atoms with van der Waals surface area (Å²) < 4.78 is 47.0. The standard InChI is InChI=1S/C29H33F3N2O3/c1-3-15-34-16-14-28(22-7-5-8-25(18-22)36-2)19-24(12-11-23(28)20-34)33-27(35)13-10-21-6-4-9-26(17-21)37-29(30,31)32/h3-10,13,17-18,23-24H,1,11-12,14-16,19-20H2,2H3,(H,33,35)/b13-10+. The highest BCUT2D eigenvalue weighted by Gasteiger charge is 2.48. The zero-order chi connectivity index (χ0) is 26.5. The molecule has 0 bridgehead atoms. The smallest absolute Gasteiger partial charge is 0.497 e. The molecular weight excluding hydrogens is 481 g/mol. The van der Waals surface area contributed by atoms with E-state index in [0.717, 1.165) is 51.1 Å². The van der Waals surface area contributed by atoms with E-state index in [-0.39, 0.29) is 23.1 Å². The lowest BCUT2D eigenvalue weighted by molar-refractivity contribution is -0.274. The zero-order valence-corrected chi connectivity index (χ0v) is 21.0. The van der Waals surface area contributed by atoms with E-state index >= 15 is 0 Å². The Kier molecular flexibility index (Phi) is 8.27. The van der Waals surface area contributed by atoms with Crippen LogP contribution in [0.3, 0.4) is 0 Å². The molecule has 2 aromatic rings. The molecule has 5 nitrogen and oxygen atoms in total. The number of amides is 1. The van der Waals surface area contributed by atoms with E-state index in [1.165, 1.54) is 35.9 Å². The van der Waals surface area contributed by atoms with Crippen LogP contribution in [0.5, 0.6) is 11.5 Å². The lowest BCUT2D eigenvalue weighted by Gasteiger charge is -2.53. The van der Waals surface area contributed by atoms with Gasteiger partial charge in [0.2, 0.25) is 5.91 Å². The Morgan fingerprint density at radius 3 is 2.73 bits per heavy atom. The molecular formula is C29H33F3N2O3. The van der Waals surface area contributed by atoms with Crippen LogP contribution in [0.4, 0.5) is 13.2 Å². The molecule has 1 amide bonds. The number of piperidine rings is 1. The summed E-state index contributed by atoms with van der Waals surface area (Å²) in [4.78, 5) is 15.2. The lowest BCUT2D eigenvalue weighted by atomic mass is 9.58. The summed E-state index contributed by atoms with van der Waals surface area (Å²) in [6.45, 7) is 6.70. The van der Waals surface area contributed by atoms with E-state index in [0.29, 0.717) is 11.5 Å². The Hall–Kier alpha value is -3.26. The molecule has 1 saturated heterocycles. The van der Waals surface area contributed by atoms with Gasteiger partial charge >= 0.3 is 6.36 Å². The molecule has 198 valence electrons. The van der Waals surface area contributed by atoms with Crippen molar-refractivity contribution in [1.82, 2.24) is 10.2 Å². The fourth-order valence-corrected chi connectivity index (χ4v) is 5.86. The van der Waals surface area contributed by atoms with Gasteiger partial charge in [-0.2, -0.15) is 0 Å². The van der Waals surface area contributed by atoms with Gasteiger partial charge in [-0.1, -0.05) is 30.3 Å². The normalized spacial score (nSPS) is 24.3. The second kappa shape index (κ2) is 11.4. The van der Waals surface area contributed by atoms with Crippen molar-refractivity contribution in [2.45, 2.75) is 43.5 Å². The molecule has 4 rings (SSSR count). The maximum atomic E-state index is 12.8. The maximum Gasteiger partial charge on any atom is 0.573 e. The molecule has 1 N–H and O–H groups in total. The number of fused-ring (bicyclic) bond motifs is 1. The summed E-state index contributed by atoms with van der Waals surface area (Å²) in [6.07, 6.45) is 3.69. The molecule has 2 aliphatic rings. The Labute approximate surface area is 215 Å². The topological polar surface area (TPSA) is 50.8 Å². The number of nitrogens with one attached hydrogen (secondary N) is 1. The van der Waals surface area contributed by atoms with E-state index in [2.05, 4.69) is 33.7 Å². The number of likely N-dealkylation sites (tertiary alicyclic amines) is 1. The van der Waals surface area contributed by atoms with Crippen molar-refractivity contribution in [3.05, 3.63) is 78.4 Å². The number of rotatable bonds is 8. The van der Waals surface area contributed by atoms with Crippen molar-refractivity contribution >= 4 is 12.0 Å². The number of nitrogens with zero attached hydrogens (tertiary/aromatic N) is 1. The van der Waals surface area contributed by atoms with Gasteiger partial charge < -0.3 is 14.8 Å². The van der Waals surface area contributed by atoms with Crippen molar-refractivity contribution in [2.24, 2.45) is 5.92 Å². The first kappa shape index (κ1) is 26.8. The minimum Gasteiger partial charge on any atom is -0.497 e. The summed E-state index contributed by atoms with van der Waals surface area (Å²) in [6, 6.07) is 13.8. The van der Waals surface area contributed by atoms with Gasteiger partial charge in [-0.05, 0) is 79.6 Å². The number of carbonyl (C=O) groups excluding carboxylic acids is 1. The third-order valence-corrected chi connectivity index (χ3v) is 7.51. The van der Waals surface area contributed by atoms with Gasteiger partial charge in [0.25, 0.3) is 0 Å². The third-order valence-electron chi connectivity index (χ3n) is 7.51. The van der Waals surface area contributed by atoms with Gasteiger partial charge in [0, 0.05) is 30.6 Å². The first-order valence-corrected chi connectivity index (χ1v) is 12.5. The highest BCUT2D eigenvalue weighted by molar-refractivity contribution is 5.92. The van der Waals surface area contributed by atoms with Gasteiger partial charge in [0.15, 0.2) is 0 Å². The summed E-state index contributed by atoms with van der Waals surface area (Å²) >= 11 is 0. The van der Waals surface area contributed by atoms with Gasteiger partial charge in [-0.25, -0.2) is 0 Å². The van der Waals surface area contributed by atoms with E-state index in [4.69, 9.17) is 4.74 Å². The molecule has 1 saturated carbocycles. The number of hydrogen-bond donors (Lipinski definition) is 1. The van der Waals surface area contributed by atoms with Crippen LogP contribution in [0, 0.1) is 5.92 Å². The van der Waals surface area contributed by atoms with Crippen LogP contribution in [-0.2, 0) is 10.2 Å². The van der Waals surface area contributed by atoms with Crippen molar-refractivity contribution < 1.29 is 27.4 Å². The third kappa shape index (κ3) is 6.74. The van der Waals surface area contributed by atoms with Crippen LogP contribution in [-0.4, -0.2) is 50.0 Å². The van der Waals surface area contributed by atoms with Crippen molar-refractivity contribution in [3.8, 4) is 11.5 Å². The second-order valence-electron chi connectivity index (χ2n) is 9.82. The average molecular weight is 515 g/mol. The Bertz CT molecular complexity index is 1130. The number of carbonyl (C=O) groups is 1. The largest absolute Gasteiger partial charge is 0.573 e. The van der Waals surface area contributed by atoms with Crippen molar-refractivity contribution in [3.63, 3.8) is 0 Å². The fraction of sp³-hybridized carbons (Fsp3) is 0.414. The molecule has 8 heteroatoms. The molecule has 0 aromatic heterocycles. The van der Waals surface area contributed by atoms with E-state index < -0.39 is 6.36 Å². The highest BCUT2D eigenvalue weighted by Crippen LogP contribution is 2.49. The van der Waals surface area contributed by atoms with E-state index in [1.807, 2.05) is 18.2 Å². The Morgan fingerprint density at radius 1 is 1.19 bits per heavy atom. The van der Waals surface area contributed by atoms with Crippen LogP contribution in [0.1, 0.15) is 36.8 Å². The number of methoxy groups -OCH3 is 1. The minimum atomic E-state index is -4.76. The summed E-state index contributed by atoms with van der Waals surface area (Å²) in [7, 11) is 1.67. The molecule has 37 heavy (non-hydrogen) atoms. The first-order chi connectivity index (χ1) is 17.7. The number of alkyl halides is 3. The molecule has 0 spiro atoms. The van der Waals surface area contributed by atoms with Crippen molar-refractivity contribution in [1.29, 1.82) is 0 Å². The minimum absolute atomic E-state index is 0.00884. The Balaban J connectivity index is 1.47. The van der Waals surface area contributed by atoms with Crippen LogP contribution < -0.4 is 14.8 Å². The van der Waals surface area contributed by atoms with E-state index in [9.17, 15) is 18.0 Å². The molecule has 3 unspecified atom stereocenters. The number of hydrogen-bond acceptors (Lipinski definition) is 4. The van der Waals surface area contributed by atoms with Gasteiger partial charge in [0.1, 0.15) is 11.5 Å². The summed E-state index contributed by atoms with van der Waals surface area (Å²) in [5, 5.41) is 3.14. The monoisotopic (exact) mass is 514 g/mol. The highest BCUT2D eigenvalue weighted by atomic mass is 19.4. The van der Waals surface area contributed by atoms with Crippen LogP contribution >= 0.6 is 0 Å². The van der Waals surface area contributed by atoms with Crippen LogP contribution in [0.2, 0.25) is 0 Å². The lowest BCUT2D eigenvalue weighted by Crippen LogP contribution is -2.56. The SMILES string of the molecule is C=CCN1CCC2(c3cccc(OC)c3)CC(NC(=O)/C=C/c3cccc(OC(F)(F)F)c3)CCC2C1. The molecule has 1 aliphatic carbocycles. The molecule has 3 atom stereocenters. The molecule has 2 aromatic carbocycles. The number of benzene rings is 2. The van der Waals surface area contributed by atoms with Gasteiger partial charge in [-0.15, -0.1) is 19.8 Å². The summed E-state index contributed by atoms with van der Waals surface area (Å²) in [5.74, 6) is 0.685. The average Bonchev–Trinajstić information content (AvgIpc) is 2.87. The zero-order valence-electron chi connectivity index (χ0n) is 21.0. The molecule has 2 fully saturated rings. The maximum absolute atomic E-state index is 12.8. The van der Waals surface area contributed by atoms with Crippen LogP contribution in [0.15, 0.2) is 67.3 Å². The Morgan fingerprint density at radius 2 is 1.97 bits per heavy atom. The summed E-state index contributed by atoms with van der Waals surface area (Å²) in [5.41, 5.74) is 1.61. The van der Waals surface area contributed by atoms with Gasteiger partial charge in [0.05, 0.1) is 7.11 Å². The first-order valence-electron chi connectivity index (χ1n) is 12.5. The molecule has 1 aliphatic heterocycles.